The van der Waals surface area contributed by atoms with Gasteiger partial charge in [0.15, 0.2) is 0 Å². The van der Waals surface area contributed by atoms with Crippen LogP contribution >= 0.6 is 27.3 Å². The lowest BCUT2D eigenvalue weighted by atomic mass is 9.86. The van der Waals surface area contributed by atoms with E-state index < -0.39 is 0 Å². The SMILES string of the molecule is CCNC(c1sccc1Br)C(C)(CC)N(CC)CC. The number of rotatable bonds is 8. The van der Waals surface area contributed by atoms with Crippen LogP contribution in [0.5, 0.6) is 0 Å². The molecule has 2 nitrogen and oxygen atoms in total. The van der Waals surface area contributed by atoms with E-state index in [0.29, 0.717) is 6.04 Å². The zero-order chi connectivity index (χ0) is 14.5. The maximum atomic E-state index is 3.71. The minimum absolute atomic E-state index is 0.146. The number of thiophene rings is 1. The van der Waals surface area contributed by atoms with Gasteiger partial charge in [0.2, 0.25) is 0 Å². The second kappa shape index (κ2) is 7.77. The van der Waals surface area contributed by atoms with Crippen LogP contribution in [0.2, 0.25) is 0 Å². The van der Waals surface area contributed by atoms with Gasteiger partial charge in [0, 0.05) is 14.9 Å². The van der Waals surface area contributed by atoms with E-state index in [1.165, 1.54) is 9.35 Å². The normalized spacial score (nSPS) is 16.6. The molecule has 1 heterocycles. The summed E-state index contributed by atoms with van der Waals surface area (Å²) in [6.45, 7) is 14.5. The summed E-state index contributed by atoms with van der Waals surface area (Å²) < 4.78 is 1.23. The van der Waals surface area contributed by atoms with Crippen molar-refractivity contribution in [2.24, 2.45) is 0 Å². The van der Waals surface area contributed by atoms with E-state index in [0.717, 1.165) is 26.1 Å². The molecule has 1 aromatic rings. The maximum absolute atomic E-state index is 3.71. The highest BCUT2D eigenvalue weighted by molar-refractivity contribution is 9.10. The van der Waals surface area contributed by atoms with Crippen molar-refractivity contribution < 1.29 is 0 Å². The molecule has 0 amide bonds. The summed E-state index contributed by atoms with van der Waals surface area (Å²) in [7, 11) is 0. The van der Waals surface area contributed by atoms with Crippen molar-refractivity contribution in [3.63, 3.8) is 0 Å². The summed E-state index contributed by atoms with van der Waals surface area (Å²) in [6, 6.07) is 2.53. The molecular formula is C15H27BrN2S. The van der Waals surface area contributed by atoms with Crippen LogP contribution in [0.4, 0.5) is 0 Å². The molecule has 110 valence electrons. The molecule has 2 unspecified atom stereocenters. The number of hydrogen-bond donors (Lipinski definition) is 1. The van der Waals surface area contributed by atoms with Crippen LogP contribution < -0.4 is 5.32 Å². The van der Waals surface area contributed by atoms with Crippen LogP contribution in [-0.4, -0.2) is 30.1 Å². The van der Waals surface area contributed by atoms with Gasteiger partial charge in [-0.1, -0.05) is 27.7 Å². The van der Waals surface area contributed by atoms with Gasteiger partial charge in [-0.15, -0.1) is 11.3 Å². The van der Waals surface area contributed by atoms with Gasteiger partial charge in [0.25, 0.3) is 0 Å². The first-order chi connectivity index (χ1) is 9.04. The molecule has 0 radical (unpaired) electrons. The lowest BCUT2D eigenvalue weighted by molar-refractivity contribution is 0.0715. The Morgan fingerprint density at radius 3 is 2.32 bits per heavy atom. The lowest BCUT2D eigenvalue weighted by Crippen LogP contribution is -2.54. The van der Waals surface area contributed by atoms with Crippen molar-refractivity contribution in [3.05, 3.63) is 20.8 Å². The van der Waals surface area contributed by atoms with E-state index >= 15 is 0 Å². The molecule has 0 saturated carbocycles. The molecule has 0 aromatic carbocycles. The standard InChI is InChI=1S/C15H27BrN2S/c1-6-15(5,18(8-3)9-4)14(17-7-2)13-12(16)10-11-19-13/h10-11,14,17H,6-9H2,1-5H3. The molecule has 0 spiro atoms. The highest BCUT2D eigenvalue weighted by atomic mass is 79.9. The van der Waals surface area contributed by atoms with E-state index in [2.05, 4.69) is 72.2 Å². The molecule has 0 aliphatic heterocycles. The molecule has 19 heavy (non-hydrogen) atoms. The van der Waals surface area contributed by atoms with Gasteiger partial charge >= 0.3 is 0 Å². The fraction of sp³-hybridized carbons (Fsp3) is 0.733. The van der Waals surface area contributed by atoms with Crippen molar-refractivity contribution >= 4 is 27.3 Å². The van der Waals surface area contributed by atoms with Crippen molar-refractivity contribution in [1.29, 1.82) is 0 Å². The molecular weight excluding hydrogens is 320 g/mol. The van der Waals surface area contributed by atoms with Crippen LogP contribution in [0.25, 0.3) is 0 Å². The fourth-order valence-corrected chi connectivity index (χ4v) is 4.69. The number of nitrogens with zero attached hydrogens (tertiary/aromatic N) is 1. The molecule has 2 atom stereocenters. The van der Waals surface area contributed by atoms with E-state index in [-0.39, 0.29) is 5.54 Å². The molecule has 1 N–H and O–H groups in total. The molecule has 1 rings (SSSR count). The van der Waals surface area contributed by atoms with E-state index in [9.17, 15) is 0 Å². The quantitative estimate of drug-likeness (QED) is 0.735. The number of halogens is 1. The largest absolute Gasteiger partial charge is 0.308 e. The van der Waals surface area contributed by atoms with Crippen molar-refractivity contribution in [2.75, 3.05) is 19.6 Å². The smallest absolute Gasteiger partial charge is 0.0610 e. The van der Waals surface area contributed by atoms with Crippen LogP contribution in [-0.2, 0) is 0 Å². The second-order valence-corrected chi connectivity index (χ2v) is 6.81. The molecule has 0 aliphatic carbocycles. The molecule has 0 fully saturated rings. The topological polar surface area (TPSA) is 15.3 Å². The van der Waals surface area contributed by atoms with E-state index in [4.69, 9.17) is 0 Å². The molecule has 0 saturated heterocycles. The Kier molecular flexibility index (Phi) is 7.01. The monoisotopic (exact) mass is 346 g/mol. The lowest BCUT2D eigenvalue weighted by Gasteiger charge is -2.46. The third-order valence-electron chi connectivity index (χ3n) is 4.14. The minimum atomic E-state index is 0.146. The summed E-state index contributed by atoms with van der Waals surface area (Å²) in [5.74, 6) is 0. The third-order valence-corrected chi connectivity index (χ3v) is 6.07. The van der Waals surface area contributed by atoms with Crippen LogP contribution in [0, 0.1) is 0 Å². The number of nitrogens with one attached hydrogen (secondary N) is 1. The Labute approximate surface area is 130 Å². The highest BCUT2D eigenvalue weighted by Gasteiger charge is 2.38. The van der Waals surface area contributed by atoms with Gasteiger partial charge in [0.1, 0.15) is 0 Å². The van der Waals surface area contributed by atoms with Gasteiger partial charge in [-0.25, -0.2) is 0 Å². The number of likely N-dealkylation sites (N-methyl/N-ethyl adjacent to an activating group) is 2. The second-order valence-electron chi connectivity index (χ2n) is 5.01. The molecule has 1 aromatic heterocycles. The zero-order valence-corrected chi connectivity index (χ0v) is 15.2. The van der Waals surface area contributed by atoms with Crippen molar-refractivity contribution in [2.45, 2.75) is 52.6 Å². The summed E-state index contributed by atoms with van der Waals surface area (Å²) in [5.41, 5.74) is 0.146. The Morgan fingerprint density at radius 2 is 1.95 bits per heavy atom. The Bertz CT molecular complexity index is 376. The Hall–Kier alpha value is 0.1000. The summed E-state index contributed by atoms with van der Waals surface area (Å²) in [6.07, 6.45) is 1.14. The van der Waals surface area contributed by atoms with Crippen LogP contribution in [0.15, 0.2) is 15.9 Å². The number of hydrogen-bond acceptors (Lipinski definition) is 3. The summed E-state index contributed by atoms with van der Waals surface area (Å²) in [5, 5.41) is 5.87. The Balaban J connectivity index is 3.17. The Morgan fingerprint density at radius 1 is 1.32 bits per heavy atom. The van der Waals surface area contributed by atoms with E-state index in [1.807, 2.05) is 11.3 Å². The van der Waals surface area contributed by atoms with Gasteiger partial charge < -0.3 is 5.32 Å². The zero-order valence-electron chi connectivity index (χ0n) is 12.8. The minimum Gasteiger partial charge on any atom is -0.308 e. The predicted octanol–water partition coefficient (Wildman–Crippen LogP) is 4.67. The molecule has 4 heteroatoms. The van der Waals surface area contributed by atoms with Gasteiger partial charge in [-0.05, 0) is 60.4 Å². The fourth-order valence-electron chi connectivity index (χ4n) is 2.87. The predicted molar refractivity (Wildman–Crippen MR) is 90.1 cm³/mol. The van der Waals surface area contributed by atoms with Gasteiger partial charge in [-0.3, -0.25) is 4.90 Å². The maximum Gasteiger partial charge on any atom is 0.0610 e. The molecule has 0 bridgehead atoms. The highest BCUT2D eigenvalue weighted by Crippen LogP contribution is 2.39. The average Bonchev–Trinajstić information content (AvgIpc) is 2.83. The summed E-state index contributed by atoms with van der Waals surface area (Å²) in [4.78, 5) is 3.99. The third kappa shape index (κ3) is 3.60. The first-order valence-corrected chi connectivity index (χ1v) is 8.93. The van der Waals surface area contributed by atoms with E-state index in [1.54, 1.807) is 0 Å². The average molecular weight is 347 g/mol. The summed E-state index contributed by atoms with van der Waals surface area (Å²) >= 11 is 5.55. The first kappa shape index (κ1) is 17.2. The molecule has 0 aliphatic rings. The van der Waals surface area contributed by atoms with Gasteiger partial charge in [0.05, 0.1) is 6.04 Å². The van der Waals surface area contributed by atoms with Crippen molar-refractivity contribution in [1.82, 2.24) is 10.2 Å². The van der Waals surface area contributed by atoms with Crippen LogP contribution in [0.1, 0.15) is 52.0 Å². The van der Waals surface area contributed by atoms with Gasteiger partial charge in [-0.2, -0.15) is 0 Å². The van der Waals surface area contributed by atoms with Crippen LogP contribution in [0.3, 0.4) is 0 Å². The first-order valence-electron chi connectivity index (χ1n) is 7.26. The van der Waals surface area contributed by atoms with Crippen molar-refractivity contribution in [3.8, 4) is 0 Å².